The van der Waals surface area contributed by atoms with Crippen LogP contribution in [0, 0.1) is 5.41 Å². The molecule has 1 aliphatic carbocycles. The second kappa shape index (κ2) is 7.97. The first-order chi connectivity index (χ1) is 14.0. The number of benzene rings is 1. The molecule has 1 aromatic carbocycles. The fourth-order valence-electron chi connectivity index (χ4n) is 3.39. The Morgan fingerprint density at radius 2 is 1.93 bits per heavy atom. The number of fused-ring (bicyclic) bond motifs is 1. The quantitative estimate of drug-likeness (QED) is 0.724. The van der Waals surface area contributed by atoms with E-state index in [1.54, 1.807) is 0 Å². The molecule has 30 heavy (non-hydrogen) atoms. The van der Waals surface area contributed by atoms with E-state index in [-0.39, 0.29) is 35.7 Å². The topological polar surface area (TPSA) is 88.3 Å². The highest BCUT2D eigenvalue weighted by molar-refractivity contribution is 6.02. The van der Waals surface area contributed by atoms with Gasteiger partial charge < -0.3 is 15.0 Å². The highest BCUT2D eigenvalue weighted by atomic mass is 19.4. The van der Waals surface area contributed by atoms with Gasteiger partial charge in [0.15, 0.2) is 5.78 Å². The van der Waals surface area contributed by atoms with Crippen molar-refractivity contribution in [3.05, 3.63) is 63.1 Å². The molecule has 3 rings (SSSR count). The molecule has 0 saturated heterocycles. The highest BCUT2D eigenvalue weighted by Crippen LogP contribution is 2.33. The summed E-state index contributed by atoms with van der Waals surface area (Å²) in [7, 11) is 0. The fraction of sp³-hybridized carbons (Fsp3) is 0.381. The zero-order valence-electron chi connectivity index (χ0n) is 16.5. The lowest BCUT2D eigenvalue weighted by Crippen LogP contribution is -2.35. The third kappa shape index (κ3) is 4.90. The minimum atomic E-state index is -4.48. The standard InChI is InChI=1S/C21H21F3N2O4/c1-20(2)10-16-14(17(27)11-20)9-15(19(29)26-16)18(28)25-6-7-30-13-5-3-4-12(8-13)21(22,23)24/h3-5,8-9H,6-7,10-11H2,1-2H3,(H,25,28)(H,26,29). The van der Waals surface area contributed by atoms with E-state index in [9.17, 15) is 27.6 Å². The molecule has 160 valence electrons. The lowest BCUT2D eigenvalue weighted by atomic mass is 9.75. The molecule has 1 amide bonds. The maximum Gasteiger partial charge on any atom is 0.416 e. The molecule has 9 heteroatoms. The summed E-state index contributed by atoms with van der Waals surface area (Å²) in [6.45, 7) is 3.73. The van der Waals surface area contributed by atoms with Crippen LogP contribution >= 0.6 is 0 Å². The number of H-pyrrole nitrogens is 1. The van der Waals surface area contributed by atoms with E-state index >= 15 is 0 Å². The second-order valence-electron chi connectivity index (χ2n) is 7.98. The van der Waals surface area contributed by atoms with Crippen molar-refractivity contribution in [3.63, 3.8) is 0 Å². The molecule has 1 heterocycles. The van der Waals surface area contributed by atoms with Crippen LogP contribution in [0.3, 0.4) is 0 Å². The van der Waals surface area contributed by atoms with Crippen LogP contribution in [0.15, 0.2) is 35.1 Å². The van der Waals surface area contributed by atoms with Crippen molar-refractivity contribution >= 4 is 11.7 Å². The van der Waals surface area contributed by atoms with Crippen LogP contribution in [0.25, 0.3) is 0 Å². The molecule has 0 atom stereocenters. The lowest BCUT2D eigenvalue weighted by Gasteiger charge is -2.29. The van der Waals surface area contributed by atoms with E-state index in [2.05, 4.69) is 10.3 Å². The smallest absolute Gasteiger partial charge is 0.416 e. The highest BCUT2D eigenvalue weighted by Gasteiger charge is 2.33. The zero-order valence-corrected chi connectivity index (χ0v) is 16.5. The number of nitrogens with one attached hydrogen (secondary N) is 2. The van der Waals surface area contributed by atoms with Crippen LogP contribution in [-0.4, -0.2) is 29.8 Å². The van der Waals surface area contributed by atoms with Gasteiger partial charge in [0.05, 0.1) is 12.1 Å². The van der Waals surface area contributed by atoms with Crippen molar-refractivity contribution in [3.8, 4) is 5.75 Å². The summed E-state index contributed by atoms with van der Waals surface area (Å²) in [5.41, 5.74) is -1.05. The molecule has 0 bridgehead atoms. The average molecular weight is 422 g/mol. The van der Waals surface area contributed by atoms with Gasteiger partial charge in [0, 0.05) is 17.7 Å². The summed E-state index contributed by atoms with van der Waals surface area (Å²) in [6.07, 6.45) is -3.64. The molecular formula is C21H21F3N2O4. The van der Waals surface area contributed by atoms with Gasteiger partial charge in [-0.05, 0) is 36.1 Å². The monoisotopic (exact) mass is 422 g/mol. The Hall–Kier alpha value is -3.10. The summed E-state index contributed by atoms with van der Waals surface area (Å²) < 4.78 is 43.4. The van der Waals surface area contributed by atoms with Crippen molar-refractivity contribution in [2.24, 2.45) is 5.41 Å². The molecule has 1 aliphatic rings. The molecule has 0 spiro atoms. The Kier molecular flexibility index (Phi) is 5.74. The average Bonchev–Trinajstić information content (AvgIpc) is 2.63. The molecular weight excluding hydrogens is 401 g/mol. The molecule has 0 saturated carbocycles. The maximum absolute atomic E-state index is 12.7. The number of aromatic nitrogens is 1. The number of ketones is 1. The first-order valence-electron chi connectivity index (χ1n) is 9.34. The number of aromatic amines is 1. The number of halogens is 3. The molecule has 0 unspecified atom stereocenters. The Balaban J connectivity index is 1.62. The van der Waals surface area contributed by atoms with Crippen LogP contribution in [0.2, 0.25) is 0 Å². The van der Waals surface area contributed by atoms with Crippen LogP contribution < -0.4 is 15.6 Å². The number of hydrogen-bond donors (Lipinski definition) is 2. The van der Waals surface area contributed by atoms with E-state index in [1.165, 1.54) is 18.2 Å². The third-order valence-electron chi connectivity index (χ3n) is 4.78. The second-order valence-corrected chi connectivity index (χ2v) is 7.98. The molecule has 0 aliphatic heterocycles. The summed E-state index contributed by atoms with van der Waals surface area (Å²) in [5.74, 6) is -0.817. The number of Topliss-reactive ketones (excluding diaryl/α,β-unsaturated/α-hetero) is 1. The van der Waals surface area contributed by atoms with Crippen molar-refractivity contribution in [1.82, 2.24) is 10.3 Å². The minimum absolute atomic E-state index is 0.0129. The van der Waals surface area contributed by atoms with Crippen molar-refractivity contribution < 1.29 is 27.5 Å². The number of pyridine rings is 1. The Labute approximate surface area is 170 Å². The third-order valence-corrected chi connectivity index (χ3v) is 4.78. The van der Waals surface area contributed by atoms with Gasteiger partial charge in [-0.3, -0.25) is 14.4 Å². The van der Waals surface area contributed by atoms with Gasteiger partial charge in [0.1, 0.15) is 17.9 Å². The molecule has 2 aromatic rings. The Morgan fingerprint density at radius 3 is 2.63 bits per heavy atom. The van der Waals surface area contributed by atoms with Gasteiger partial charge in [-0.2, -0.15) is 13.2 Å². The van der Waals surface area contributed by atoms with Gasteiger partial charge in [-0.1, -0.05) is 19.9 Å². The minimum Gasteiger partial charge on any atom is -0.492 e. The van der Waals surface area contributed by atoms with Gasteiger partial charge >= 0.3 is 6.18 Å². The predicted molar refractivity (Wildman–Crippen MR) is 103 cm³/mol. The molecule has 0 radical (unpaired) electrons. The van der Waals surface area contributed by atoms with Gasteiger partial charge in [0.2, 0.25) is 0 Å². The first-order valence-corrected chi connectivity index (χ1v) is 9.34. The van der Waals surface area contributed by atoms with Crippen molar-refractivity contribution in [2.45, 2.75) is 32.9 Å². The molecule has 1 aromatic heterocycles. The van der Waals surface area contributed by atoms with Gasteiger partial charge in [-0.25, -0.2) is 0 Å². The molecule has 2 N–H and O–H groups in total. The molecule has 0 fully saturated rings. The summed E-state index contributed by atoms with van der Waals surface area (Å²) >= 11 is 0. The lowest BCUT2D eigenvalue weighted by molar-refractivity contribution is -0.137. The van der Waals surface area contributed by atoms with Crippen LogP contribution in [0.4, 0.5) is 13.2 Å². The maximum atomic E-state index is 12.7. The molecule has 6 nitrogen and oxygen atoms in total. The summed E-state index contributed by atoms with van der Waals surface area (Å²) in [6, 6.07) is 5.69. The number of carbonyl (C=O) groups excluding carboxylic acids is 2. The number of hydrogen-bond acceptors (Lipinski definition) is 4. The normalized spacial score (nSPS) is 15.4. The summed E-state index contributed by atoms with van der Waals surface area (Å²) in [5, 5.41) is 2.48. The van der Waals surface area contributed by atoms with Crippen molar-refractivity contribution in [1.29, 1.82) is 0 Å². The first kappa shape index (κ1) is 21.6. The van der Waals surface area contributed by atoms with Gasteiger partial charge in [-0.15, -0.1) is 0 Å². The van der Waals surface area contributed by atoms with E-state index in [1.807, 2.05) is 13.8 Å². The Bertz CT molecular complexity index is 1040. The number of amides is 1. The van der Waals surface area contributed by atoms with Crippen LogP contribution in [0.5, 0.6) is 5.75 Å². The largest absolute Gasteiger partial charge is 0.492 e. The fourth-order valence-corrected chi connectivity index (χ4v) is 3.39. The van der Waals surface area contributed by atoms with Crippen molar-refractivity contribution in [2.75, 3.05) is 13.2 Å². The van der Waals surface area contributed by atoms with E-state index in [0.29, 0.717) is 24.1 Å². The zero-order chi connectivity index (χ0) is 22.1. The summed E-state index contributed by atoms with van der Waals surface area (Å²) in [4.78, 5) is 39.6. The Morgan fingerprint density at radius 1 is 1.20 bits per heavy atom. The van der Waals surface area contributed by atoms with Crippen LogP contribution in [-0.2, 0) is 12.6 Å². The SMILES string of the molecule is CC1(C)CC(=O)c2cc(C(=O)NCCOc3cccc(C(F)(F)F)c3)c(=O)[nH]c2C1. The predicted octanol–water partition coefficient (Wildman–Crippen LogP) is 3.36. The van der Waals surface area contributed by atoms with Crippen LogP contribution in [0.1, 0.15) is 52.2 Å². The van der Waals surface area contributed by atoms with E-state index in [4.69, 9.17) is 4.74 Å². The van der Waals surface area contributed by atoms with E-state index in [0.717, 1.165) is 12.1 Å². The number of ether oxygens (including phenoxy) is 1. The number of carbonyl (C=O) groups is 2. The van der Waals surface area contributed by atoms with Gasteiger partial charge in [0.25, 0.3) is 11.5 Å². The number of rotatable bonds is 5. The number of alkyl halides is 3. The van der Waals surface area contributed by atoms with E-state index < -0.39 is 23.2 Å².